The summed E-state index contributed by atoms with van der Waals surface area (Å²) >= 11 is 0. The van der Waals surface area contributed by atoms with E-state index in [0.29, 0.717) is 43.7 Å². The summed E-state index contributed by atoms with van der Waals surface area (Å²) in [6.07, 6.45) is 2.92. The first-order chi connectivity index (χ1) is 14.1. The molecule has 4 heterocycles. The lowest BCUT2D eigenvalue weighted by Crippen LogP contribution is -2.58. The maximum absolute atomic E-state index is 12.6. The molecule has 2 amide bonds. The minimum absolute atomic E-state index is 0.177. The van der Waals surface area contributed by atoms with Crippen molar-refractivity contribution in [2.24, 2.45) is 10.9 Å². The molecule has 0 aliphatic carbocycles. The Hall–Kier alpha value is -3.56. The summed E-state index contributed by atoms with van der Waals surface area (Å²) < 4.78 is 15.3. The van der Waals surface area contributed by atoms with Gasteiger partial charge in [0.2, 0.25) is 11.9 Å². The van der Waals surface area contributed by atoms with E-state index in [-0.39, 0.29) is 5.91 Å². The Morgan fingerprint density at radius 3 is 2.48 bits per heavy atom. The molecule has 2 aromatic rings. The molecule has 2 aliphatic rings. The van der Waals surface area contributed by atoms with Gasteiger partial charge in [-0.3, -0.25) is 19.7 Å². The van der Waals surface area contributed by atoms with Gasteiger partial charge in [-0.05, 0) is 24.3 Å². The minimum atomic E-state index is -1.13. The van der Waals surface area contributed by atoms with Crippen molar-refractivity contribution in [2.45, 2.75) is 6.04 Å². The summed E-state index contributed by atoms with van der Waals surface area (Å²) in [5.74, 6) is -1.44. The van der Waals surface area contributed by atoms with Crippen LogP contribution in [-0.4, -0.2) is 66.8 Å². The van der Waals surface area contributed by atoms with Crippen LogP contribution in [0.4, 0.5) is 0 Å². The third-order valence-electron chi connectivity index (χ3n) is 4.98. The number of methoxy groups -OCH3 is 1. The molecule has 2 atom stereocenters. The van der Waals surface area contributed by atoms with Gasteiger partial charge >= 0.3 is 5.97 Å². The van der Waals surface area contributed by atoms with E-state index >= 15 is 0 Å². The summed E-state index contributed by atoms with van der Waals surface area (Å²) in [5.41, 5.74) is 0. The topological polar surface area (TPSA) is 118 Å². The van der Waals surface area contributed by atoms with E-state index in [4.69, 9.17) is 13.6 Å². The number of guanidine groups is 1. The quantitative estimate of drug-likeness (QED) is 0.594. The van der Waals surface area contributed by atoms with E-state index in [1.165, 1.54) is 19.6 Å². The molecule has 2 aromatic heterocycles. The van der Waals surface area contributed by atoms with Gasteiger partial charge in [0, 0.05) is 26.2 Å². The van der Waals surface area contributed by atoms with E-state index < -0.39 is 23.8 Å². The molecule has 10 nitrogen and oxygen atoms in total. The second kappa shape index (κ2) is 7.82. The molecule has 0 aromatic carbocycles. The van der Waals surface area contributed by atoms with Gasteiger partial charge in [0.05, 0.1) is 19.6 Å². The predicted molar refractivity (Wildman–Crippen MR) is 98.7 cm³/mol. The standard InChI is InChI=1S/C19H20N4O6/c1-27-18(26)14-15(12-4-2-10-28-12)20-19(21-16(14)24)23-8-6-22(7-9-23)17(25)13-5-3-11-29-13/h2-5,10-11,14-15H,6-9H2,1H3,(H,20,21,24)/t14-,15-/m0/s1. The average molecular weight is 400 g/mol. The summed E-state index contributed by atoms with van der Waals surface area (Å²) in [6, 6.07) is 5.82. The highest BCUT2D eigenvalue weighted by Crippen LogP contribution is 2.31. The Kier molecular flexibility index (Phi) is 5.07. The highest BCUT2D eigenvalue weighted by atomic mass is 16.5. The number of ether oxygens (including phenoxy) is 1. The van der Waals surface area contributed by atoms with Crippen LogP contribution in [0.1, 0.15) is 22.4 Å². The predicted octanol–water partition coefficient (Wildman–Crippen LogP) is 0.647. The molecule has 0 radical (unpaired) electrons. The zero-order valence-corrected chi connectivity index (χ0v) is 15.7. The van der Waals surface area contributed by atoms with E-state index in [2.05, 4.69) is 10.3 Å². The molecule has 10 heteroatoms. The Morgan fingerprint density at radius 2 is 1.86 bits per heavy atom. The fourth-order valence-corrected chi connectivity index (χ4v) is 3.46. The normalized spacial score (nSPS) is 22.1. The molecule has 0 bridgehead atoms. The number of carbonyl (C=O) groups is 3. The molecule has 0 unspecified atom stereocenters. The molecule has 1 fully saturated rings. The first-order valence-electron chi connectivity index (χ1n) is 9.16. The zero-order valence-electron chi connectivity index (χ0n) is 15.7. The van der Waals surface area contributed by atoms with E-state index in [1.807, 2.05) is 4.90 Å². The van der Waals surface area contributed by atoms with E-state index in [9.17, 15) is 14.4 Å². The van der Waals surface area contributed by atoms with Crippen molar-refractivity contribution < 1.29 is 28.0 Å². The fraction of sp³-hybridized carbons (Fsp3) is 0.368. The Morgan fingerprint density at radius 1 is 1.14 bits per heavy atom. The molecule has 0 spiro atoms. The van der Waals surface area contributed by atoms with Crippen LogP contribution in [0.15, 0.2) is 50.6 Å². The van der Waals surface area contributed by atoms with Gasteiger partial charge in [-0.1, -0.05) is 0 Å². The summed E-state index contributed by atoms with van der Waals surface area (Å²) in [6.45, 7) is 1.83. The van der Waals surface area contributed by atoms with Crippen LogP contribution in [-0.2, 0) is 14.3 Å². The van der Waals surface area contributed by atoms with Crippen LogP contribution in [0, 0.1) is 5.92 Å². The van der Waals surface area contributed by atoms with Crippen molar-refractivity contribution in [3.63, 3.8) is 0 Å². The minimum Gasteiger partial charge on any atom is -0.468 e. The highest BCUT2D eigenvalue weighted by molar-refractivity contribution is 6.08. The van der Waals surface area contributed by atoms with Crippen LogP contribution < -0.4 is 5.32 Å². The first kappa shape index (κ1) is 18.8. The summed E-state index contributed by atoms with van der Waals surface area (Å²) in [4.78, 5) is 45.3. The second-order valence-electron chi connectivity index (χ2n) is 6.66. The smallest absolute Gasteiger partial charge is 0.320 e. The number of amides is 2. The number of esters is 1. The molecule has 0 saturated carbocycles. The van der Waals surface area contributed by atoms with Crippen LogP contribution in [0.5, 0.6) is 0 Å². The van der Waals surface area contributed by atoms with Crippen molar-refractivity contribution in [1.29, 1.82) is 0 Å². The molecule has 1 N–H and O–H groups in total. The van der Waals surface area contributed by atoms with Gasteiger partial charge in [-0.2, -0.15) is 0 Å². The van der Waals surface area contributed by atoms with Crippen LogP contribution in [0.2, 0.25) is 0 Å². The molecule has 1 saturated heterocycles. The number of carbonyl (C=O) groups excluding carboxylic acids is 3. The van der Waals surface area contributed by atoms with Gasteiger partial charge in [-0.25, -0.2) is 4.99 Å². The van der Waals surface area contributed by atoms with Crippen molar-refractivity contribution >= 4 is 23.7 Å². The lowest BCUT2D eigenvalue weighted by molar-refractivity contribution is -0.151. The van der Waals surface area contributed by atoms with Crippen molar-refractivity contribution in [3.8, 4) is 0 Å². The van der Waals surface area contributed by atoms with Crippen LogP contribution in [0.3, 0.4) is 0 Å². The van der Waals surface area contributed by atoms with Gasteiger partial charge in [-0.15, -0.1) is 0 Å². The third-order valence-corrected chi connectivity index (χ3v) is 4.98. The highest BCUT2D eigenvalue weighted by Gasteiger charge is 2.43. The number of piperazine rings is 1. The molecule has 4 rings (SSSR count). The average Bonchev–Trinajstić information content (AvgIpc) is 3.46. The number of rotatable bonds is 3. The van der Waals surface area contributed by atoms with Crippen molar-refractivity contribution in [2.75, 3.05) is 33.3 Å². The Bertz CT molecular complexity index is 913. The number of nitrogens with zero attached hydrogens (tertiary/aromatic N) is 3. The number of furan rings is 2. The van der Waals surface area contributed by atoms with Crippen LogP contribution in [0.25, 0.3) is 0 Å². The van der Waals surface area contributed by atoms with Crippen LogP contribution >= 0.6 is 0 Å². The number of hydrogen-bond acceptors (Lipinski definition) is 8. The van der Waals surface area contributed by atoms with Gasteiger partial charge < -0.3 is 23.4 Å². The molecule has 2 aliphatic heterocycles. The zero-order chi connectivity index (χ0) is 20.4. The SMILES string of the molecule is COC(=O)[C@@H]1C(=O)NC(N2CCN(C(=O)c3ccco3)CC2)=N[C@H]1c1ccco1. The van der Waals surface area contributed by atoms with Crippen molar-refractivity contribution in [1.82, 2.24) is 15.1 Å². The third kappa shape index (κ3) is 3.60. The van der Waals surface area contributed by atoms with E-state index in [1.54, 1.807) is 29.2 Å². The molecule has 152 valence electrons. The van der Waals surface area contributed by atoms with Gasteiger partial charge in [0.25, 0.3) is 5.91 Å². The molecule has 29 heavy (non-hydrogen) atoms. The Labute approximate surface area is 166 Å². The van der Waals surface area contributed by atoms with Gasteiger partial charge in [0.1, 0.15) is 11.8 Å². The summed E-state index contributed by atoms with van der Waals surface area (Å²) in [7, 11) is 1.23. The fourth-order valence-electron chi connectivity index (χ4n) is 3.46. The van der Waals surface area contributed by atoms with E-state index in [0.717, 1.165) is 0 Å². The molecular weight excluding hydrogens is 380 g/mol. The van der Waals surface area contributed by atoms with Gasteiger partial charge in [0.15, 0.2) is 11.7 Å². The maximum Gasteiger partial charge on any atom is 0.320 e. The Balaban J connectivity index is 1.50. The maximum atomic E-state index is 12.6. The first-order valence-corrected chi connectivity index (χ1v) is 9.16. The lowest BCUT2D eigenvalue weighted by atomic mass is 9.95. The monoisotopic (exact) mass is 400 g/mol. The number of nitrogens with one attached hydrogen (secondary N) is 1. The lowest BCUT2D eigenvalue weighted by Gasteiger charge is -2.38. The number of aliphatic imine (C=N–C) groups is 1. The largest absolute Gasteiger partial charge is 0.468 e. The number of hydrogen-bond donors (Lipinski definition) is 1. The molecular formula is C19H20N4O6. The summed E-state index contributed by atoms with van der Waals surface area (Å²) in [5, 5.41) is 2.69. The second-order valence-corrected chi connectivity index (χ2v) is 6.66. The van der Waals surface area contributed by atoms with Crippen molar-refractivity contribution in [3.05, 3.63) is 48.3 Å².